The molecule has 0 amide bonds. The van der Waals surface area contributed by atoms with Gasteiger partial charge in [0.1, 0.15) is 60.4 Å². The first-order valence-electron chi connectivity index (χ1n) is 15.2. The largest absolute Gasteiger partial charge is 0.543 e. The van der Waals surface area contributed by atoms with Gasteiger partial charge in [0.15, 0.2) is 30.1 Å². The average Bonchev–Trinajstić information content (AvgIpc) is 3.43. The third-order valence-electron chi connectivity index (χ3n) is 8.74. The molecule has 4 aliphatic rings. The van der Waals surface area contributed by atoms with Crippen molar-refractivity contribution in [1.82, 2.24) is 5.32 Å². The molecule has 0 spiro atoms. The van der Waals surface area contributed by atoms with Gasteiger partial charge in [-0.2, -0.15) is 4.58 Å². The van der Waals surface area contributed by atoms with Gasteiger partial charge in [0, 0.05) is 24.5 Å². The molecule has 20 nitrogen and oxygen atoms in total. The first-order chi connectivity index (χ1) is 23.6. The Kier molecular flexibility index (Phi) is 11.1. The van der Waals surface area contributed by atoms with Crippen molar-refractivity contribution in [2.75, 3.05) is 13.2 Å². The lowest BCUT2D eigenvalue weighted by atomic mass is 9.97. The van der Waals surface area contributed by atoms with Gasteiger partial charge in [-0.25, -0.2) is 9.59 Å². The fourth-order valence-corrected chi connectivity index (χ4v) is 6.04. The van der Waals surface area contributed by atoms with Crippen molar-refractivity contribution in [3.05, 3.63) is 41.1 Å². The van der Waals surface area contributed by atoms with E-state index in [1.165, 1.54) is 35.1 Å². The summed E-state index contributed by atoms with van der Waals surface area (Å²) in [6.45, 7) is -1.64. The number of aromatic hydroxyl groups is 1. The van der Waals surface area contributed by atoms with Gasteiger partial charge in [-0.3, -0.25) is 0 Å². The number of carbonyl (C=O) groups excluding carboxylic acids is 1. The quantitative estimate of drug-likeness (QED) is 0.101. The lowest BCUT2D eigenvalue weighted by Gasteiger charge is -2.45. The van der Waals surface area contributed by atoms with Crippen molar-refractivity contribution in [2.45, 2.75) is 86.3 Å². The number of ether oxygens (including phenoxy) is 4. The molecule has 274 valence electrons. The minimum absolute atomic E-state index is 0.136. The Hall–Kier alpha value is -4.22. The predicted molar refractivity (Wildman–Crippen MR) is 157 cm³/mol. The summed E-state index contributed by atoms with van der Waals surface area (Å²) in [5, 5.41) is 116. The topological polar surface area (TPSA) is 329 Å². The molecule has 2 fully saturated rings. The third-order valence-corrected chi connectivity index (χ3v) is 8.74. The van der Waals surface area contributed by atoms with Crippen LogP contribution in [0.25, 0.3) is 0 Å². The zero-order valence-corrected chi connectivity index (χ0v) is 25.8. The zero-order valence-electron chi connectivity index (χ0n) is 25.8. The highest BCUT2D eigenvalue weighted by Crippen LogP contribution is 2.41. The maximum atomic E-state index is 12.1. The van der Waals surface area contributed by atoms with E-state index in [1.54, 1.807) is 0 Å². The highest BCUT2D eigenvalue weighted by molar-refractivity contribution is 5.89. The number of phenols is 1. The van der Waals surface area contributed by atoms with E-state index in [0.717, 1.165) is 0 Å². The number of carbonyl (C=O) groups is 3. The summed E-state index contributed by atoms with van der Waals surface area (Å²) >= 11 is 0. The Balaban J connectivity index is 1.48. The third kappa shape index (κ3) is 7.30. The number of phenolic OH excluding ortho intramolecular Hbond substituents is 1. The van der Waals surface area contributed by atoms with E-state index < -0.39 is 122 Å². The van der Waals surface area contributed by atoms with E-state index in [1.807, 2.05) is 0 Å². The van der Waals surface area contributed by atoms with Gasteiger partial charge in [-0.05, 0) is 17.7 Å². The number of aliphatic hydroxyl groups excluding tert-OH is 7. The zero-order chi connectivity index (χ0) is 36.6. The SMILES string of the molecule is O=C(O)C1=C/C(=C/C=[N+]2c3cc(O[C@@H]4O[C@H](CO)[C@@H](O)[C@@H](O)[C@H]4O[C@@H]4O[C@H](CO)[C@@H](O)[C@@H](O)[C@H]4O)c(O)cc3C[C@H]2C(=O)[O-])C[C@@H](C(=O)O)N1. The summed E-state index contributed by atoms with van der Waals surface area (Å²) in [6, 6.07) is -0.278. The van der Waals surface area contributed by atoms with Crippen molar-refractivity contribution in [2.24, 2.45) is 0 Å². The number of benzene rings is 1. The molecule has 5 rings (SSSR count). The molecule has 0 bridgehead atoms. The number of hydrogen-bond donors (Lipinski definition) is 11. The minimum atomic E-state index is -1.94. The Morgan fingerprint density at radius 2 is 1.56 bits per heavy atom. The van der Waals surface area contributed by atoms with Gasteiger partial charge in [0.05, 0.1) is 19.3 Å². The van der Waals surface area contributed by atoms with Crippen LogP contribution < -0.4 is 15.2 Å². The number of carboxylic acids is 3. The second kappa shape index (κ2) is 14.9. The number of nitrogens with one attached hydrogen (secondary N) is 1. The van der Waals surface area contributed by atoms with Crippen molar-refractivity contribution >= 4 is 29.8 Å². The molecule has 0 radical (unpaired) electrons. The smallest absolute Gasteiger partial charge is 0.351 e. The number of allylic oxidation sites excluding steroid dienone is 2. The molecule has 0 aromatic heterocycles. The van der Waals surface area contributed by atoms with E-state index in [9.17, 15) is 70.6 Å². The molecule has 2 saturated heterocycles. The van der Waals surface area contributed by atoms with Gasteiger partial charge < -0.3 is 85.2 Å². The number of rotatable bonds is 10. The van der Waals surface area contributed by atoms with E-state index in [0.29, 0.717) is 0 Å². The van der Waals surface area contributed by atoms with E-state index in [4.69, 9.17) is 18.9 Å². The summed E-state index contributed by atoms with van der Waals surface area (Å²) in [6.07, 6.45) is -14.1. The second-order valence-electron chi connectivity index (χ2n) is 12.0. The van der Waals surface area contributed by atoms with Crippen LogP contribution in [0.2, 0.25) is 0 Å². The van der Waals surface area contributed by atoms with Crippen LogP contribution in [0.4, 0.5) is 5.69 Å². The fourth-order valence-electron chi connectivity index (χ4n) is 6.04. The standard InChI is InChI=1S/C30H36N2O18/c33-8-18-20(36)22(38)24(40)29(48-18)50-25-23(39)21(37)19(9-34)49-30(25)47-17-7-14-11(6-16(17)35)5-15(28(45)46)32(14)2-1-10-3-12(26(41)42)31-13(4-10)27(43)44/h1-3,6-7,13,15,18-25,29-30,33-34,36-40H,4-5,8-9H2,(H4,35,41,42,43,44,45,46)/t13-,15-,18+,19+,20+,21+,22+,23+,24+,25+,29-,30+/m0/s1. The van der Waals surface area contributed by atoms with Crippen molar-refractivity contribution in [1.29, 1.82) is 0 Å². The Bertz CT molecular complexity index is 1580. The molecule has 20 heteroatoms. The van der Waals surface area contributed by atoms with Gasteiger partial charge in [0.2, 0.25) is 18.0 Å². The maximum Gasteiger partial charge on any atom is 0.351 e. The molecular formula is C30H36N2O18. The van der Waals surface area contributed by atoms with Crippen LogP contribution in [-0.4, -0.2) is 166 Å². The number of aliphatic hydroxyl groups is 7. The molecule has 0 saturated carbocycles. The Labute approximate surface area is 281 Å². The van der Waals surface area contributed by atoms with Crippen LogP contribution in [0.5, 0.6) is 11.5 Å². The van der Waals surface area contributed by atoms with Crippen molar-refractivity contribution in [3.8, 4) is 11.5 Å². The average molecular weight is 713 g/mol. The Morgan fingerprint density at radius 3 is 2.16 bits per heavy atom. The Morgan fingerprint density at radius 1 is 0.920 bits per heavy atom. The van der Waals surface area contributed by atoms with Crippen LogP contribution in [0.3, 0.4) is 0 Å². The number of aliphatic carboxylic acids is 3. The van der Waals surface area contributed by atoms with Crippen LogP contribution >= 0.6 is 0 Å². The summed E-state index contributed by atoms with van der Waals surface area (Å²) in [7, 11) is 0. The van der Waals surface area contributed by atoms with Gasteiger partial charge in [-0.15, -0.1) is 0 Å². The van der Waals surface area contributed by atoms with Gasteiger partial charge >= 0.3 is 11.9 Å². The molecule has 50 heavy (non-hydrogen) atoms. The molecule has 1 aromatic carbocycles. The number of fused-ring (bicyclic) bond motifs is 1. The van der Waals surface area contributed by atoms with Crippen LogP contribution in [-0.2, 0) is 35.0 Å². The predicted octanol–water partition coefficient (Wildman–Crippen LogP) is -5.87. The molecule has 11 N–H and O–H groups in total. The molecule has 4 aliphatic heterocycles. The highest BCUT2D eigenvalue weighted by atomic mass is 16.8. The van der Waals surface area contributed by atoms with Crippen molar-refractivity contribution in [3.63, 3.8) is 0 Å². The summed E-state index contributed by atoms with van der Waals surface area (Å²) < 4.78 is 23.6. The summed E-state index contributed by atoms with van der Waals surface area (Å²) in [5.41, 5.74) is 0.248. The molecular weight excluding hydrogens is 676 g/mol. The number of nitrogens with zero attached hydrogens (tertiary/aromatic N) is 1. The van der Waals surface area contributed by atoms with E-state index in [2.05, 4.69) is 5.32 Å². The lowest BCUT2D eigenvalue weighted by Crippen LogP contribution is -2.65. The van der Waals surface area contributed by atoms with E-state index in [-0.39, 0.29) is 29.7 Å². The van der Waals surface area contributed by atoms with E-state index >= 15 is 0 Å². The normalized spacial score (nSPS) is 37.1. The highest BCUT2D eigenvalue weighted by Gasteiger charge is 2.51. The maximum absolute atomic E-state index is 12.1. The number of carboxylic acid groups (broad SMARTS) is 3. The first kappa shape index (κ1) is 37.0. The fraction of sp³-hybridized carbons (Fsp3) is 0.533. The molecule has 1 aromatic rings. The first-order valence-corrected chi connectivity index (χ1v) is 15.2. The van der Waals surface area contributed by atoms with Gasteiger partial charge in [-0.1, -0.05) is 0 Å². The molecule has 4 heterocycles. The monoisotopic (exact) mass is 712 g/mol. The number of hydrogen-bond acceptors (Lipinski definition) is 17. The molecule has 12 atom stereocenters. The second-order valence-corrected chi connectivity index (χ2v) is 12.0. The van der Waals surface area contributed by atoms with Crippen LogP contribution in [0, 0.1) is 0 Å². The van der Waals surface area contributed by atoms with Crippen LogP contribution in [0.15, 0.2) is 35.6 Å². The van der Waals surface area contributed by atoms with Gasteiger partial charge in [0.25, 0.3) is 0 Å². The lowest BCUT2D eigenvalue weighted by molar-refractivity contribution is -0.475. The minimum Gasteiger partial charge on any atom is -0.543 e. The van der Waals surface area contributed by atoms with Crippen molar-refractivity contribution < 1.29 is 94.1 Å². The summed E-state index contributed by atoms with van der Waals surface area (Å²) in [5.74, 6) is -5.23. The molecule has 0 aliphatic carbocycles. The summed E-state index contributed by atoms with van der Waals surface area (Å²) in [4.78, 5) is 35.3. The molecule has 0 unspecified atom stereocenters. The van der Waals surface area contributed by atoms with Crippen LogP contribution in [0.1, 0.15) is 12.0 Å².